The summed E-state index contributed by atoms with van der Waals surface area (Å²) < 4.78 is 0. The van der Waals surface area contributed by atoms with Crippen LogP contribution >= 0.6 is 0 Å². The fourth-order valence-electron chi connectivity index (χ4n) is 2.59. The normalized spacial score (nSPS) is 36.5. The topological polar surface area (TPSA) is 0 Å². The summed E-state index contributed by atoms with van der Waals surface area (Å²) in [5, 5.41) is 0. The number of rotatable bonds is 1. The average Bonchev–Trinajstić information content (AvgIpc) is 2.09. The second-order valence-corrected chi connectivity index (χ2v) is 5.31. The summed E-state index contributed by atoms with van der Waals surface area (Å²) in [7, 11) is 0. The van der Waals surface area contributed by atoms with Crippen molar-refractivity contribution in [3.8, 4) is 0 Å². The van der Waals surface area contributed by atoms with Gasteiger partial charge in [0.25, 0.3) is 0 Å². The highest BCUT2D eigenvalue weighted by Gasteiger charge is 2.46. The van der Waals surface area contributed by atoms with Crippen LogP contribution in [0.5, 0.6) is 0 Å². The highest BCUT2D eigenvalue weighted by atomic mass is 14.5. The van der Waals surface area contributed by atoms with E-state index in [2.05, 4.69) is 34.6 Å². The van der Waals surface area contributed by atoms with Gasteiger partial charge in [-0.1, -0.05) is 41.0 Å². The van der Waals surface area contributed by atoms with E-state index in [1.54, 1.807) is 0 Å². The van der Waals surface area contributed by atoms with Gasteiger partial charge in [0.15, 0.2) is 0 Å². The molecule has 66 valence electrons. The summed E-state index contributed by atoms with van der Waals surface area (Å²) in [6.45, 7) is 12.1. The Labute approximate surface area is 71.4 Å². The summed E-state index contributed by atoms with van der Waals surface area (Å²) in [5.74, 6) is 0.833. The van der Waals surface area contributed by atoms with Gasteiger partial charge in [0, 0.05) is 0 Å². The van der Waals surface area contributed by atoms with E-state index in [9.17, 15) is 0 Å². The first-order chi connectivity index (χ1) is 4.90. The lowest BCUT2D eigenvalue weighted by Gasteiger charge is -2.42. The van der Waals surface area contributed by atoms with Gasteiger partial charge < -0.3 is 0 Å². The van der Waals surface area contributed by atoms with Gasteiger partial charge in [0.2, 0.25) is 0 Å². The van der Waals surface area contributed by atoms with Crippen LogP contribution in [-0.2, 0) is 0 Å². The lowest BCUT2D eigenvalue weighted by atomic mass is 9.63. The second-order valence-electron chi connectivity index (χ2n) is 5.31. The molecule has 0 unspecified atom stereocenters. The van der Waals surface area contributed by atoms with Crippen LogP contribution in [0.2, 0.25) is 0 Å². The minimum Gasteiger partial charge on any atom is -0.0622 e. The molecule has 1 rings (SSSR count). The fourth-order valence-corrected chi connectivity index (χ4v) is 2.59. The molecule has 0 radical (unpaired) electrons. The van der Waals surface area contributed by atoms with E-state index in [-0.39, 0.29) is 0 Å². The molecule has 0 N–H and O–H groups in total. The highest BCUT2D eigenvalue weighted by molar-refractivity contribution is 4.96. The molecule has 0 aliphatic heterocycles. The minimum absolute atomic E-state index is 0.571. The van der Waals surface area contributed by atoms with Crippen molar-refractivity contribution >= 4 is 0 Å². The van der Waals surface area contributed by atoms with Crippen LogP contribution < -0.4 is 0 Å². The van der Waals surface area contributed by atoms with Crippen LogP contribution in [0, 0.1) is 16.7 Å². The van der Waals surface area contributed by atoms with E-state index < -0.39 is 0 Å². The Morgan fingerprint density at radius 1 is 1.00 bits per heavy atom. The predicted octanol–water partition coefficient (Wildman–Crippen LogP) is 3.86. The van der Waals surface area contributed by atoms with Gasteiger partial charge in [-0.05, 0) is 29.6 Å². The van der Waals surface area contributed by atoms with Crippen LogP contribution in [-0.4, -0.2) is 0 Å². The van der Waals surface area contributed by atoms with Gasteiger partial charge >= 0.3 is 0 Å². The van der Waals surface area contributed by atoms with Gasteiger partial charge in [-0.25, -0.2) is 0 Å². The molecule has 0 heteroatoms. The molecule has 1 aliphatic carbocycles. The van der Waals surface area contributed by atoms with E-state index >= 15 is 0 Å². The smallest absolute Gasteiger partial charge is 0.0252 e. The van der Waals surface area contributed by atoms with Crippen molar-refractivity contribution in [1.29, 1.82) is 0 Å². The standard InChI is InChI=1S/C11H22/c1-9(2)11(5)8-6-7-10(11,3)4/h9H,6-8H2,1-5H3/t11-/m1/s1. The van der Waals surface area contributed by atoms with Gasteiger partial charge in [-0.3, -0.25) is 0 Å². The molecule has 11 heavy (non-hydrogen) atoms. The maximum Gasteiger partial charge on any atom is -0.0252 e. The molecule has 0 aromatic carbocycles. The van der Waals surface area contributed by atoms with E-state index in [0.29, 0.717) is 10.8 Å². The van der Waals surface area contributed by atoms with E-state index in [4.69, 9.17) is 0 Å². The third-order valence-corrected chi connectivity index (χ3v) is 4.32. The quantitative estimate of drug-likeness (QED) is 0.538. The summed E-state index contributed by atoms with van der Waals surface area (Å²) in [6, 6.07) is 0. The molecule has 0 amide bonds. The lowest BCUT2D eigenvalue weighted by Crippen LogP contribution is -2.34. The molecule has 1 aliphatic rings. The number of hydrogen-bond donors (Lipinski definition) is 0. The molecule has 0 aromatic heterocycles. The zero-order valence-corrected chi connectivity index (χ0v) is 8.70. The third-order valence-electron chi connectivity index (χ3n) is 4.32. The van der Waals surface area contributed by atoms with Crippen molar-refractivity contribution in [3.05, 3.63) is 0 Å². The fraction of sp³-hybridized carbons (Fsp3) is 1.00. The van der Waals surface area contributed by atoms with Crippen LogP contribution in [0.15, 0.2) is 0 Å². The van der Waals surface area contributed by atoms with Crippen molar-refractivity contribution in [2.75, 3.05) is 0 Å². The van der Waals surface area contributed by atoms with Crippen molar-refractivity contribution in [2.45, 2.75) is 53.9 Å². The van der Waals surface area contributed by atoms with Gasteiger partial charge in [-0.15, -0.1) is 0 Å². The first-order valence-corrected chi connectivity index (χ1v) is 4.90. The molecule has 0 nitrogen and oxygen atoms in total. The Morgan fingerprint density at radius 2 is 1.55 bits per heavy atom. The maximum absolute atomic E-state index is 2.46. The minimum atomic E-state index is 0.571. The Bertz CT molecular complexity index is 144. The summed E-state index contributed by atoms with van der Waals surface area (Å²) in [4.78, 5) is 0. The van der Waals surface area contributed by atoms with E-state index in [0.717, 1.165) is 5.92 Å². The molecule has 1 atom stereocenters. The molecule has 0 bridgehead atoms. The lowest BCUT2D eigenvalue weighted by molar-refractivity contribution is 0.0732. The molecule has 0 aromatic rings. The van der Waals surface area contributed by atoms with Crippen molar-refractivity contribution in [1.82, 2.24) is 0 Å². The highest BCUT2D eigenvalue weighted by Crippen LogP contribution is 2.56. The Kier molecular flexibility index (Phi) is 2.07. The van der Waals surface area contributed by atoms with Crippen molar-refractivity contribution in [2.24, 2.45) is 16.7 Å². The molecule has 0 saturated heterocycles. The average molecular weight is 154 g/mol. The van der Waals surface area contributed by atoms with Crippen LogP contribution in [0.25, 0.3) is 0 Å². The molecule has 1 saturated carbocycles. The number of hydrogen-bond acceptors (Lipinski definition) is 0. The zero-order chi connectivity index (χ0) is 8.70. The van der Waals surface area contributed by atoms with Gasteiger partial charge in [0.1, 0.15) is 0 Å². The van der Waals surface area contributed by atoms with Crippen molar-refractivity contribution < 1.29 is 0 Å². The monoisotopic (exact) mass is 154 g/mol. The predicted molar refractivity (Wildman–Crippen MR) is 50.6 cm³/mol. The summed E-state index contributed by atoms with van der Waals surface area (Å²) >= 11 is 0. The molecular weight excluding hydrogens is 132 g/mol. The Morgan fingerprint density at radius 3 is 1.73 bits per heavy atom. The van der Waals surface area contributed by atoms with E-state index in [1.807, 2.05) is 0 Å². The van der Waals surface area contributed by atoms with Crippen LogP contribution in [0.3, 0.4) is 0 Å². The SMILES string of the molecule is CC(C)[C@@]1(C)CCCC1(C)C. The zero-order valence-electron chi connectivity index (χ0n) is 8.70. The molecule has 0 heterocycles. The van der Waals surface area contributed by atoms with Gasteiger partial charge in [0.05, 0.1) is 0 Å². The maximum atomic E-state index is 2.46. The Hall–Kier alpha value is 0. The first-order valence-electron chi connectivity index (χ1n) is 4.90. The summed E-state index contributed by atoms with van der Waals surface area (Å²) in [6.07, 6.45) is 4.28. The molecule has 0 spiro atoms. The first kappa shape index (κ1) is 9.09. The molecule has 1 fully saturated rings. The van der Waals surface area contributed by atoms with Crippen molar-refractivity contribution in [3.63, 3.8) is 0 Å². The Balaban J connectivity index is 2.84. The second kappa shape index (κ2) is 2.50. The largest absolute Gasteiger partial charge is 0.0622 e. The molecular formula is C11H22. The van der Waals surface area contributed by atoms with E-state index in [1.165, 1.54) is 19.3 Å². The summed E-state index contributed by atoms with van der Waals surface area (Å²) in [5.41, 5.74) is 1.16. The van der Waals surface area contributed by atoms with Crippen LogP contribution in [0.1, 0.15) is 53.9 Å². The van der Waals surface area contributed by atoms with Crippen LogP contribution in [0.4, 0.5) is 0 Å². The third kappa shape index (κ3) is 1.21. The van der Waals surface area contributed by atoms with Gasteiger partial charge in [-0.2, -0.15) is 0 Å².